The highest BCUT2D eigenvalue weighted by Crippen LogP contribution is 2.41. The van der Waals surface area contributed by atoms with E-state index in [1.165, 1.54) is 0 Å². The molecule has 0 bridgehead atoms. The minimum absolute atomic E-state index is 0.247. The molecule has 12 heavy (non-hydrogen) atoms. The van der Waals surface area contributed by atoms with Gasteiger partial charge in [-0.2, -0.15) is 11.8 Å². The third kappa shape index (κ3) is 2.05. The zero-order valence-electron chi connectivity index (χ0n) is 8.18. The molecule has 0 saturated carbocycles. The Bertz CT molecular complexity index is 198. The summed E-state index contributed by atoms with van der Waals surface area (Å²) < 4.78 is 0. The second kappa shape index (κ2) is 3.08. The normalized spacial score (nSPS) is 34.7. The number of thioether (sulfide) groups is 1. The summed E-state index contributed by atoms with van der Waals surface area (Å²) in [4.78, 5) is 0. The van der Waals surface area contributed by atoms with E-state index in [-0.39, 0.29) is 5.41 Å². The highest BCUT2D eigenvalue weighted by Gasteiger charge is 2.39. The maximum absolute atomic E-state index is 10.2. The van der Waals surface area contributed by atoms with Crippen LogP contribution in [0.3, 0.4) is 0 Å². The summed E-state index contributed by atoms with van der Waals surface area (Å²) in [6.07, 6.45) is 0.850. The monoisotopic (exact) mass is 186 g/mol. The van der Waals surface area contributed by atoms with E-state index in [1.54, 1.807) is 0 Å². The zero-order chi connectivity index (χ0) is 9.41. The van der Waals surface area contributed by atoms with E-state index in [9.17, 15) is 5.11 Å². The lowest BCUT2D eigenvalue weighted by Gasteiger charge is -2.41. The molecule has 70 valence electrons. The molecule has 0 aromatic carbocycles. The topological polar surface area (TPSA) is 20.2 Å². The van der Waals surface area contributed by atoms with Gasteiger partial charge in [-0.3, -0.25) is 0 Å². The molecule has 1 saturated heterocycles. The Morgan fingerprint density at radius 3 is 2.33 bits per heavy atom. The van der Waals surface area contributed by atoms with E-state index >= 15 is 0 Å². The van der Waals surface area contributed by atoms with Crippen LogP contribution in [0.5, 0.6) is 0 Å². The van der Waals surface area contributed by atoms with Crippen molar-refractivity contribution in [3.63, 3.8) is 0 Å². The minimum Gasteiger partial charge on any atom is -0.385 e. The number of rotatable bonds is 1. The van der Waals surface area contributed by atoms with Gasteiger partial charge >= 0.3 is 0 Å². The average Bonchev–Trinajstić information content (AvgIpc) is 1.83. The van der Waals surface area contributed by atoms with Crippen LogP contribution in [0.25, 0.3) is 0 Å². The Balaban J connectivity index is 2.74. The van der Waals surface area contributed by atoms with Gasteiger partial charge in [0.2, 0.25) is 0 Å². The Morgan fingerprint density at radius 2 is 2.00 bits per heavy atom. The molecule has 1 N–H and O–H groups in total. The molecule has 1 heterocycles. The van der Waals surface area contributed by atoms with Crippen LogP contribution in [0.2, 0.25) is 0 Å². The van der Waals surface area contributed by atoms with Crippen molar-refractivity contribution < 1.29 is 5.11 Å². The predicted molar refractivity (Wildman–Crippen MR) is 55.5 cm³/mol. The fraction of sp³-hybridized carbons (Fsp3) is 0.800. The molecule has 1 rings (SSSR count). The van der Waals surface area contributed by atoms with E-state index in [0.717, 1.165) is 23.5 Å². The van der Waals surface area contributed by atoms with E-state index < -0.39 is 5.60 Å². The maximum atomic E-state index is 10.2. The lowest BCUT2D eigenvalue weighted by atomic mass is 9.79. The number of hydrogen-bond donors (Lipinski definition) is 1. The molecule has 0 amide bonds. The van der Waals surface area contributed by atoms with Gasteiger partial charge in [-0.05, 0) is 30.1 Å². The first-order valence-electron chi connectivity index (χ1n) is 4.32. The van der Waals surface area contributed by atoms with Gasteiger partial charge in [0.1, 0.15) is 0 Å². The smallest absolute Gasteiger partial charge is 0.0946 e. The van der Waals surface area contributed by atoms with Gasteiger partial charge in [0.05, 0.1) is 5.60 Å². The molecular formula is C10H18OS. The summed E-state index contributed by atoms with van der Waals surface area (Å²) in [6.45, 7) is 10.2. The first-order chi connectivity index (χ1) is 5.36. The molecule has 0 aromatic heterocycles. The summed E-state index contributed by atoms with van der Waals surface area (Å²) in [5.41, 5.74) is 0.533. The third-order valence-corrected chi connectivity index (χ3v) is 4.07. The van der Waals surface area contributed by atoms with Crippen molar-refractivity contribution >= 4 is 11.8 Å². The van der Waals surface area contributed by atoms with Crippen molar-refractivity contribution in [3.05, 3.63) is 12.2 Å². The SMILES string of the molecule is C=C(C)C1(O)CSCC(C)(C)C1. The summed E-state index contributed by atoms with van der Waals surface area (Å²) >= 11 is 1.83. The zero-order valence-corrected chi connectivity index (χ0v) is 9.00. The third-order valence-electron chi connectivity index (χ3n) is 2.40. The fourth-order valence-corrected chi connectivity index (χ4v) is 3.11. The lowest BCUT2D eigenvalue weighted by Crippen LogP contribution is -2.43. The molecule has 0 aliphatic carbocycles. The molecule has 0 spiro atoms. The van der Waals surface area contributed by atoms with Gasteiger partial charge < -0.3 is 5.11 Å². The van der Waals surface area contributed by atoms with E-state index in [4.69, 9.17) is 0 Å². The quantitative estimate of drug-likeness (QED) is 0.635. The summed E-state index contributed by atoms with van der Waals surface area (Å²) in [5, 5.41) is 10.2. The number of aliphatic hydroxyl groups is 1. The van der Waals surface area contributed by atoms with Crippen molar-refractivity contribution in [3.8, 4) is 0 Å². The minimum atomic E-state index is -0.619. The van der Waals surface area contributed by atoms with Crippen molar-refractivity contribution in [1.82, 2.24) is 0 Å². The Labute approximate surface area is 79.2 Å². The second-order valence-corrected chi connectivity index (χ2v) is 5.63. The largest absolute Gasteiger partial charge is 0.385 e. The molecule has 1 unspecified atom stereocenters. The van der Waals surface area contributed by atoms with Crippen LogP contribution < -0.4 is 0 Å². The Kier molecular flexibility index (Phi) is 2.60. The van der Waals surface area contributed by atoms with Gasteiger partial charge in [0, 0.05) is 5.75 Å². The van der Waals surface area contributed by atoms with E-state index in [0.29, 0.717) is 0 Å². The standard InChI is InChI=1S/C10H18OS/c1-8(2)10(11)5-9(3,4)6-12-7-10/h11H,1,5-7H2,2-4H3. The molecular weight excluding hydrogens is 168 g/mol. The van der Waals surface area contributed by atoms with Crippen LogP contribution >= 0.6 is 11.8 Å². The molecule has 2 heteroatoms. The van der Waals surface area contributed by atoms with Crippen LogP contribution in [0.1, 0.15) is 27.2 Å². The molecule has 0 radical (unpaired) electrons. The van der Waals surface area contributed by atoms with Crippen LogP contribution in [0.4, 0.5) is 0 Å². The van der Waals surface area contributed by atoms with Crippen LogP contribution in [-0.4, -0.2) is 22.2 Å². The van der Waals surface area contributed by atoms with Crippen LogP contribution in [0.15, 0.2) is 12.2 Å². The first-order valence-corrected chi connectivity index (χ1v) is 5.47. The molecule has 1 atom stereocenters. The summed E-state index contributed by atoms with van der Waals surface area (Å²) in [6, 6.07) is 0. The maximum Gasteiger partial charge on any atom is 0.0946 e. The van der Waals surface area contributed by atoms with Crippen LogP contribution in [-0.2, 0) is 0 Å². The van der Waals surface area contributed by atoms with Crippen molar-refractivity contribution in [2.75, 3.05) is 11.5 Å². The van der Waals surface area contributed by atoms with Crippen LogP contribution in [0, 0.1) is 5.41 Å². The summed E-state index contributed by atoms with van der Waals surface area (Å²) in [5.74, 6) is 1.95. The molecule has 0 aromatic rings. The van der Waals surface area contributed by atoms with E-state index in [2.05, 4.69) is 20.4 Å². The van der Waals surface area contributed by atoms with E-state index in [1.807, 2.05) is 18.7 Å². The van der Waals surface area contributed by atoms with Gasteiger partial charge in [-0.1, -0.05) is 20.4 Å². The van der Waals surface area contributed by atoms with Gasteiger partial charge in [-0.25, -0.2) is 0 Å². The highest BCUT2D eigenvalue weighted by atomic mass is 32.2. The van der Waals surface area contributed by atoms with Crippen molar-refractivity contribution in [2.45, 2.75) is 32.8 Å². The Morgan fingerprint density at radius 1 is 1.42 bits per heavy atom. The molecule has 1 nitrogen and oxygen atoms in total. The van der Waals surface area contributed by atoms with Gasteiger partial charge in [0.15, 0.2) is 0 Å². The van der Waals surface area contributed by atoms with Gasteiger partial charge in [-0.15, -0.1) is 0 Å². The number of hydrogen-bond acceptors (Lipinski definition) is 2. The van der Waals surface area contributed by atoms with Crippen molar-refractivity contribution in [1.29, 1.82) is 0 Å². The average molecular weight is 186 g/mol. The Hall–Kier alpha value is 0.0500. The van der Waals surface area contributed by atoms with Crippen molar-refractivity contribution in [2.24, 2.45) is 5.41 Å². The molecule has 1 fully saturated rings. The molecule has 1 aliphatic rings. The first kappa shape index (κ1) is 10.1. The summed E-state index contributed by atoms with van der Waals surface area (Å²) in [7, 11) is 0. The highest BCUT2D eigenvalue weighted by molar-refractivity contribution is 7.99. The predicted octanol–water partition coefficient (Wildman–Crippen LogP) is 2.46. The molecule has 1 aliphatic heterocycles. The fourth-order valence-electron chi connectivity index (χ4n) is 1.66. The van der Waals surface area contributed by atoms with Gasteiger partial charge in [0.25, 0.3) is 0 Å². The second-order valence-electron chi connectivity index (χ2n) is 4.65. The lowest BCUT2D eigenvalue weighted by molar-refractivity contribution is 0.0539.